The third kappa shape index (κ3) is 4.98. The zero-order valence-corrected chi connectivity index (χ0v) is 9.66. The van der Waals surface area contributed by atoms with E-state index in [1.54, 1.807) is 0 Å². The Bertz CT molecular complexity index is 226. The molecule has 0 aromatic heterocycles. The Morgan fingerprint density at radius 3 is 2.93 bits per heavy atom. The van der Waals surface area contributed by atoms with Gasteiger partial charge in [-0.3, -0.25) is 0 Å². The number of nitrogens with one attached hydrogen (secondary N) is 1. The van der Waals surface area contributed by atoms with Crippen molar-refractivity contribution in [3.05, 3.63) is 12.2 Å². The summed E-state index contributed by atoms with van der Waals surface area (Å²) in [6.45, 7) is 5.30. The molecule has 2 unspecified atom stereocenters. The van der Waals surface area contributed by atoms with Crippen LogP contribution in [-0.2, 0) is 9.53 Å². The van der Waals surface area contributed by atoms with Gasteiger partial charge in [-0.05, 0) is 32.1 Å². The summed E-state index contributed by atoms with van der Waals surface area (Å²) in [4.78, 5) is 11.0. The third-order valence-corrected chi connectivity index (χ3v) is 2.76. The fraction of sp³-hybridized carbons (Fsp3) is 0.750. The first-order valence-corrected chi connectivity index (χ1v) is 5.79. The van der Waals surface area contributed by atoms with E-state index in [0.717, 1.165) is 12.5 Å². The van der Waals surface area contributed by atoms with Gasteiger partial charge in [-0.1, -0.05) is 13.0 Å². The van der Waals surface area contributed by atoms with Crippen LogP contribution in [0.25, 0.3) is 0 Å². The molecular weight excluding hydrogens is 190 g/mol. The zero-order chi connectivity index (χ0) is 11.1. The fourth-order valence-corrected chi connectivity index (χ4v) is 1.97. The lowest BCUT2D eigenvalue weighted by molar-refractivity contribution is -0.137. The summed E-state index contributed by atoms with van der Waals surface area (Å²) in [7, 11) is 0. The van der Waals surface area contributed by atoms with Gasteiger partial charge < -0.3 is 10.1 Å². The molecule has 0 aromatic rings. The summed E-state index contributed by atoms with van der Waals surface area (Å²) in [6.07, 6.45) is 7.16. The van der Waals surface area contributed by atoms with Gasteiger partial charge in [0, 0.05) is 18.7 Å². The lowest BCUT2D eigenvalue weighted by Gasteiger charge is -2.09. The molecule has 0 saturated heterocycles. The lowest BCUT2D eigenvalue weighted by Crippen LogP contribution is -2.26. The Labute approximate surface area is 91.9 Å². The number of esters is 1. The zero-order valence-electron chi connectivity index (χ0n) is 9.66. The van der Waals surface area contributed by atoms with Gasteiger partial charge in [0.2, 0.25) is 0 Å². The molecule has 86 valence electrons. The molecule has 3 nitrogen and oxygen atoms in total. The SMILES string of the molecule is CCOC(=O)/C=C/CNC1CCC(C)C1. The van der Waals surface area contributed by atoms with Crippen LogP contribution in [0.3, 0.4) is 0 Å². The van der Waals surface area contributed by atoms with E-state index in [1.807, 2.05) is 13.0 Å². The molecule has 2 atom stereocenters. The van der Waals surface area contributed by atoms with Crippen molar-refractivity contribution in [1.82, 2.24) is 5.32 Å². The molecule has 0 bridgehead atoms. The minimum Gasteiger partial charge on any atom is -0.463 e. The van der Waals surface area contributed by atoms with Crippen LogP contribution in [0, 0.1) is 5.92 Å². The highest BCUT2D eigenvalue weighted by molar-refractivity contribution is 5.81. The molecule has 0 aliphatic heterocycles. The summed E-state index contributed by atoms with van der Waals surface area (Å²) < 4.78 is 4.78. The Balaban J connectivity index is 2.08. The molecule has 0 spiro atoms. The van der Waals surface area contributed by atoms with E-state index in [-0.39, 0.29) is 5.97 Å². The molecule has 0 aromatic carbocycles. The number of rotatable bonds is 5. The minimum absolute atomic E-state index is 0.251. The molecule has 1 N–H and O–H groups in total. The van der Waals surface area contributed by atoms with E-state index in [9.17, 15) is 4.79 Å². The minimum atomic E-state index is -0.251. The standard InChI is InChI=1S/C12H21NO2/c1-3-15-12(14)5-4-8-13-11-7-6-10(2)9-11/h4-5,10-11,13H,3,6-9H2,1-2H3/b5-4+. The largest absolute Gasteiger partial charge is 0.463 e. The smallest absolute Gasteiger partial charge is 0.330 e. The summed E-state index contributed by atoms with van der Waals surface area (Å²) >= 11 is 0. The number of hydrogen-bond acceptors (Lipinski definition) is 3. The summed E-state index contributed by atoms with van der Waals surface area (Å²) in [6, 6.07) is 0.631. The molecule has 0 radical (unpaired) electrons. The van der Waals surface area contributed by atoms with Gasteiger partial charge >= 0.3 is 5.97 Å². The van der Waals surface area contributed by atoms with Gasteiger partial charge in [-0.15, -0.1) is 0 Å². The van der Waals surface area contributed by atoms with Gasteiger partial charge in [0.05, 0.1) is 6.61 Å². The predicted molar refractivity (Wildman–Crippen MR) is 60.6 cm³/mol. The maximum atomic E-state index is 11.0. The van der Waals surface area contributed by atoms with Gasteiger partial charge in [0.1, 0.15) is 0 Å². The van der Waals surface area contributed by atoms with Crippen molar-refractivity contribution in [3.63, 3.8) is 0 Å². The normalized spacial score (nSPS) is 26.0. The first kappa shape index (κ1) is 12.2. The summed E-state index contributed by atoms with van der Waals surface area (Å²) in [5.74, 6) is 0.593. The molecule has 1 aliphatic rings. The first-order valence-electron chi connectivity index (χ1n) is 5.79. The summed E-state index contributed by atoms with van der Waals surface area (Å²) in [5.41, 5.74) is 0. The number of carbonyl (C=O) groups excluding carboxylic acids is 1. The van der Waals surface area contributed by atoms with Crippen LogP contribution in [0.2, 0.25) is 0 Å². The lowest BCUT2D eigenvalue weighted by atomic mass is 10.1. The fourth-order valence-electron chi connectivity index (χ4n) is 1.97. The maximum absolute atomic E-state index is 11.0. The molecule has 1 aliphatic carbocycles. The average molecular weight is 211 g/mol. The molecular formula is C12H21NO2. The Hall–Kier alpha value is -0.830. The van der Waals surface area contributed by atoms with Crippen molar-refractivity contribution in [2.24, 2.45) is 5.92 Å². The van der Waals surface area contributed by atoms with E-state index in [0.29, 0.717) is 12.6 Å². The second kappa shape index (κ2) is 6.62. The predicted octanol–water partition coefficient (Wildman–Crippen LogP) is 1.88. The molecule has 3 heteroatoms. The Morgan fingerprint density at radius 2 is 2.33 bits per heavy atom. The van der Waals surface area contributed by atoms with Crippen molar-refractivity contribution < 1.29 is 9.53 Å². The van der Waals surface area contributed by atoms with Crippen LogP contribution >= 0.6 is 0 Å². The van der Waals surface area contributed by atoms with Gasteiger partial charge in [-0.25, -0.2) is 4.79 Å². The molecule has 0 heterocycles. The van der Waals surface area contributed by atoms with E-state index in [4.69, 9.17) is 4.74 Å². The van der Waals surface area contributed by atoms with Crippen LogP contribution in [0.15, 0.2) is 12.2 Å². The average Bonchev–Trinajstić information content (AvgIpc) is 2.60. The molecule has 1 fully saturated rings. The monoisotopic (exact) mass is 211 g/mol. The van der Waals surface area contributed by atoms with Crippen LogP contribution in [0.1, 0.15) is 33.1 Å². The molecule has 0 amide bonds. The van der Waals surface area contributed by atoms with Crippen molar-refractivity contribution in [3.8, 4) is 0 Å². The van der Waals surface area contributed by atoms with Gasteiger partial charge in [0.25, 0.3) is 0 Å². The summed E-state index contributed by atoms with van der Waals surface area (Å²) in [5, 5.41) is 3.41. The van der Waals surface area contributed by atoms with E-state index in [2.05, 4.69) is 12.2 Å². The highest BCUT2D eigenvalue weighted by Gasteiger charge is 2.19. The molecule has 1 saturated carbocycles. The van der Waals surface area contributed by atoms with Gasteiger partial charge in [0.15, 0.2) is 0 Å². The van der Waals surface area contributed by atoms with Crippen molar-refractivity contribution in [2.45, 2.75) is 39.2 Å². The second-order valence-corrected chi connectivity index (χ2v) is 4.18. The van der Waals surface area contributed by atoms with Crippen molar-refractivity contribution in [2.75, 3.05) is 13.2 Å². The Morgan fingerprint density at radius 1 is 1.53 bits per heavy atom. The van der Waals surface area contributed by atoms with Crippen molar-refractivity contribution >= 4 is 5.97 Å². The maximum Gasteiger partial charge on any atom is 0.330 e. The van der Waals surface area contributed by atoms with Crippen LogP contribution in [-0.4, -0.2) is 25.2 Å². The number of carbonyl (C=O) groups is 1. The third-order valence-electron chi connectivity index (χ3n) is 2.76. The van der Waals surface area contributed by atoms with Gasteiger partial charge in [-0.2, -0.15) is 0 Å². The van der Waals surface area contributed by atoms with E-state index >= 15 is 0 Å². The number of ether oxygens (including phenoxy) is 1. The highest BCUT2D eigenvalue weighted by atomic mass is 16.5. The Kier molecular flexibility index (Phi) is 5.40. The van der Waals surface area contributed by atoms with Crippen LogP contribution < -0.4 is 5.32 Å². The topological polar surface area (TPSA) is 38.3 Å². The molecule has 1 rings (SSSR count). The van der Waals surface area contributed by atoms with E-state index < -0.39 is 0 Å². The van der Waals surface area contributed by atoms with Crippen molar-refractivity contribution in [1.29, 1.82) is 0 Å². The number of hydrogen-bond donors (Lipinski definition) is 1. The first-order chi connectivity index (χ1) is 7.22. The second-order valence-electron chi connectivity index (χ2n) is 4.18. The molecule has 15 heavy (non-hydrogen) atoms. The van der Waals surface area contributed by atoms with Crippen LogP contribution in [0.4, 0.5) is 0 Å². The quantitative estimate of drug-likeness (QED) is 0.557. The highest BCUT2D eigenvalue weighted by Crippen LogP contribution is 2.24. The van der Waals surface area contributed by atoms with Crippen LogP contribution in [0.5, 0.6) is 0 Å². The van der Waals surface area contributed by atoms with E-state index in [1.165, 1.54) is 25.3 Å².